The van der Waals surface area contributed by atoms with Gasteiger partial charge in [-0.1, -0.05) is 18.2 Å². The maximum atomic E-state index is 12.8. The van der Waals surface area contributed by atoms with Crippen LogP contribution in [0.3, 0.4) is 0 Å². The zero-order chi connectivity index (χ0) is 15.3. The molecule has 0 aliphatic heterocycles. The van der Waals surface area contributed by atoms with Crippen LogP contribution >= 0.6 is 0 Å². The molecule has 6 heteroatoms. The molecule has 1 rings (SSSR count). The van der Waals surface area contributed by atoms with E-state index in [1.54, 1.807) is 6.92 Å². The lowest BCUT2D eigenvalue weighted by molar-refractivity contribution is -0.140. The molecule has 1 aromatic carbocycles. The summed E-state index contributed by atoms with van der Waals surface area (Å²) in [7, 11) is 0. The number of ketones is 1. The number of carbonyl (C=O) groups is 2. The van der Waals surface area contributed by atoms with E-state index in [9.17, 15) is 22.8 Å². The van der Waals surface area contributed by atoms with Crippen LogP contribution in [0.25, 0.3) is 6.08 Å². The highest BCUT2D eigenvalue weighted by Gasteiger charge is 2.32. The van der Waals surface area contributed by atoms with Gasteiger partial charge in [-0.15, -0.1) is 0 Å². The van der Waals surface area contributed by atoms with Gasteiger partial charge in [-0.25, -0.2) is 4.79 Å². The summed E-state index contributed by atoms with van der Waals surface area (Å²) in [6.07, 6.45) is -3.66. The fourth-order valence-corrected chi connectivity index (χ4v) is 1.55. The molecule has 0 amide bonds. The van der Waals surface area contributed by atoms with Gasteiger partial charge in [-0.05, 0) is 31.6 Å². The molecule has 0 unspecified atom stereocenters. The molecule has 0 bridgehead atoms. The second-order valence-electron chi connectivity index (χ2n) is 3.92. The van der Waals surface area contributed by atoms with Gasteiger partial charge in [0.15, 0.2) is 5.78 Å². The fourth-order valence-electron chi connectivity index (χ4n) is 1.55. The lowest BCUT2D eigenvalue weighted by Crippen LogP contribution is -2.14. The lowest BCUT2D eigenvalue weighted by Gasteiger charge is -2.11. The topological polar surface area (TPSA) is 43.4 Å². The number of hydrogen-bond acceptors (Lipinski definition) is 3. The van der Waals surface area contributed by atoms with E-state index in [-0.39, 0.29) is 12.2 Å². The molecule has 0 spiro atoms. The van der Waals surface area contributed by atoms with Crippen molar-refractivity contribution in [3.63, 3.8) is 0 Å². The average molecular weight is 286 g/mol. The van der Waals surface area contributed by atoms with Crippen molar-refractivity contribution in [2.24, 2.45) is 0 Å². The highest BCUT2D eigenvalue weighted by atomic mass is 19.4. The van der Waals surface area contributed by atoms with Gasteiger partial charge >= 0.3 is 12.1 Å². The van der Waals surface area contributed by atoms with Crippen molar-refractivity contribution < 1.29 is 27.5 Å². The Labute approximate surface area is 114 Å². The highest BCUT2D eigenvalue weighted by Crippen LogP contribution is 2.32. The molecule has 0 aromatic heterocycles. The standard InChI is InChI=1S/C14H13F3O3/c1-3-20-13(19)11(9(2)18)8-10-6-4-5-7-12(10)14(15,16)17/h4-8H,3H2,1-2H3. The summed E-state index contributed by atoms with van der Waals surface area (Å²) < 4.78 is 43.1. The van der Waals surface area contributed by atoms with Crippen LogP contribution in [0.2, 0.25) is 0 Å². The SMILES string of the molecule is CCOC(=O)C(=Cc1ccccc1C(F)(F)F)C(C)=O. The summed E-state index contributed by atoms with van der Waals surface area (Å²) in [5.41, 5.74) is -1.58. The normalized spacial score (nSPS) is 12.2. The molecule has 0 saturated heterocycles. The maximum Gasteiger partial charge on any atom is 0.416 e. The number of ether oxygens (including phenoxy) is 1. The second-order valence-corrected chi connectivity index (χ2v) is 3.92. The molecule has 3 nitrogen and oxygen atoms in total. The van der Waals surface area contributed by atoms with Crippen molar-refractivity contribution in [3.05, 3.63) is 41.0 Å². The smallest absolute Gasteiger partial charge is 0.416 e. The molecule has 0 fully saturated rings. The Bertz CT molecular complexity index is 545. The molecule has 0 aliphatic rings. The Morgan fingerprint density at radius 3 is 2.35 bits per heavy atom. The minimum Gasteiger partial charge on any atom is -0.462 e. The largest absolute Gasteiger partial charge is 0.462 e. The molecular weight excluding hydrogens is 273 g/mol. The van der Waals surface area contributed by atoms with Crippen LogP contribution in [0.1, 0.15) is 25.0 Å². The van der Waals surface area contributed by atoms with Crippen LogP contribution in [0.15, 0.2) is 29.8 Å². The first-order valence-corrected chi connectivity index (χ1v) is 5.83. The van der Waals surface area contributed by atoms with E-state index in [0.29, 0.717) is 0 Å². The fraction of sp³-hybridized carbons (Fsp3) is 0.286. The van der Waals surface area contributed by atoms with Crippen molar-refractivity contribution >= 4 is 17.8 Å². The number of halogens is 3. The number of Topliss-reactive ketones (excluding diaryl/α,β-unsaturated/α-hetero) is 1. The first-order valence-electron chi connectivity index (χ1n) is 5.83. The van der Waals surface area contributed by atoms with Crippen LogP contribution in [0.5, 0.6) is 0 Å². The molecule has 1 aromatic rings. The van der Waals surface area contributed by atoms with Gasteiger partial charge in [0.25, 0.3) is 0 Å². The number of benzene rings is 1. The number of carbonyl (C=O) groups excluding carboxylic acids is 2. The molecule has 0 saturated carbocycles. The highest BCUT2D eigenvalue weighted by molar-refractivity contribution is 6.19. The molecule has 0 atom stereocenters. The van der Waals surface area contributed by atoms with Gasteiger partial charge in [0.05, 0.1) is 12.2 Å². The summed E-state index contributed by atoms with van der Waals surface area (Å²) in [5, 5.41) is 0. The van der Waals surface area contributed by atoms with Crippen LogP contribution in [-0.2, 0) is 20.5 Å². The summed E-state index contributed by atoms with van der Waals surface area (Å²) in [5.74, 6) is -1.59. The van der Waals surface area contributed by atoms with E-state index in [4.69, 9.17) is 0 Å². The van der Waals surface area contributed by atoms with Gasteiger partial charge in [0.2, 0.25) is 0 Å². The number of hydrogen-bond donors (Lipinski definition) is 0. The Kier molecular flexibility index (Phi) is 5.07. The Morgan fingerprint density at radius 1 is 1.25 bits per heavy atom. The Hall–Kier alpha value is -2.11. The van der Waals surface area contributed by atoms with Gasteiger partial charge in [0, 0.05) is 0 Å². The van der Waals surface area contributed by atoms with Crippen molar-refractivity contribution in [3.8, 4) is 0 Å². The average Bonchev–Trinajstić information content (AvgIpc) is 2.35. The van der Waals surface area contributed by atoms with Crippen LogP contribution in [0, 0.1) is 0 Å². The van der Waals surface area contributed by atoms with E-state index in [2.05, 4.69) is 4.74 Å². The second kappa shape index (κ2) is 6.36. The van der Waals surface area contributed by atoms with Crippen LogP contribution in [0.4, 0.5) is 13.2 Å². The summed E-state index contributed by atoms with van der Waals surface area (Å²) in [4.78, 5) is 22.9. The number of alkyl halides is 3. The number of rotatable bonds is 4. The zero-order valence-electron chi connectivity index (χ0n) is 11.0. The summed E-state index contributed by atoms with van der Waals surface area (Å²) >= 11 is 0. The van der Waals surface area contributed by atoms with E-state index >= 15 is 0 Å². The minimum absolute atomic E-state index is 0.0321. The number of esters is 1. The molecule has 0 N–H and O–H groups in total. The Morgan fingerprint density at radius 2 is 1.85 bits per heavy atom. The molecular formula is C14H13F3O3. The predicted octanol–water partition coefficient (Wildman–Crippen LogP) is 3.24. The van der Waals surface area contributed by atoms with Gasteiger partial charge in [0.1, 0.15) is 5.57 Å². The van der Waals surface area contributed by atoms with E-state index in [0.717, 1.165) is 19.1 Å². The minimum atomic E-state index is -4.57. The van der Waals surface area contributed by atoms with E-state index in [1.165, 1.54) is 18.2 Å². The third-order valence-electron chi connectivity index (χ3n) is 2.44. The molecule has 0 aliphatic carbocycles. The van der Waals surface area contributed by atoms with E-state index < -0.39 is 29.1 Å². The first kappa shape index (κ1) is 15.9. The lowest BCUT2D eigenvalue weighted by atomic mass is 10.0. The third kappa shape index (κ3) is 3.94. The predicted molar refractivity (Wildman–Crippen MR) is 66.7 cm³/mol. The van der Waals surface area contributed by atoms with E-state index in [1.807, 2.05) is 0 Å². The monoisotopic (exact) mass is 286 g/mol. The van der Waals surface area contributed by atoms with Gasteiger partial charge in [-0.3, -0.25) is 4.79 Å². The third-order valence-corrected chi connectivity index (χ3v) is 2.44. The molecule has 20 heavy (non-hydrogen) atoms. The van der Waals surface area contributed by atoms with Gasteiger partial charge in [-0.2, -0.15) is 13.2 Å². The zero-order valence-corrected chi connectivity index (χ0v) is 11.0. The molecule has 0 heterocycles. The van der Waals surface area contributed by atoms with Crippen molar-refractivity contribution in [1.82, 2.24) is 0 Å². The maximum absolute atomic E-state index is 12.8. The van der Waals surface area contributed by atoms with Crippen LogP contribution in [-0.4, -0.2) is 18.4 Å². The summed E-state index contributed by atoms with van der Waals surface area (Å²) in [6, 6.07) is 4.70. The van der Waals surface area contributed by atoms with Gasteiger partial charge < -0.3 is 4.74 Å². The molecule has 0 radical (unpaired) electrons. The Balaban J connectivity index is 3.32. The molecule has 108 valence electrons. The van der Waals surface area contributed by atoms with Crippen molar-refractivity contribution in [2.75, 3.05) is 6.61 Å². The van der Waals surface area contributed by atoms with Crippen molar-refractivity contribution in [2.45, 2.75) is 20.0 Å². The van der Waals surface area contributed by atoms with Crippen molar-refractivity contribution in [1.29, 1.82) is 0 Å². The quantitative estimate of drug-likeness (QED) is 0.369. The summed E-state index contributed by atoms with van der Waals surface area (Å²) in [6.45, 7) is 2.67. The van der Waals surface area contributed by atoms with Crippen LogP contribution < -0.4 is 0 Å². The first-order chi connectivity index (χ1) is 9.27.